The summed E-state index contributed by atoms with van der Waals surface area (Å²) in [5.74, 6) is -0.980. The Labute approximate surface area is 120 Å². The van der Waals surface area contributed by atoms with Gasteiger partial charge in [-0.3, -0.25) is 4.21 Å². The lowest BCUT2D eigenvalue weighted by Crippen LogP contribution is -2.48. The van der Waals surface area contributed by atoms with Crippen LogP contribution in [0.1, 0.15) is 42.5 Å². The molecule has 4 nitrogen and oxygen atoms in total. The van der Waals surface area contributed by atoms with Gasteiger partial charge in [-0.2, -0.15) is 0 Å². The molecule has 2 atom stereocenters. The Balaban J connectivity index is 1.78. The van der Waals surface area contributed by atoms with E-state index in [2.05, 4.69) is 0 Å². The first-order chi connectivity index (χ1) is 9.60. The Morgan fingerprint density at radius 2 is 2.20 bits per heavy atom. The quantitative estimate of drug-likeness (QED) is 0.930. The highest BCUT2D eigenvalue weighted by Gasteiger charge is 2.44. The van der Waals surface area contributed by atoms with Gasteiger partial charge < -0.3 is 9.84 Å². The van der Waals surface area contributed by atoms with Crippen molar-refractivity contribution in [2.45, 2.75) is 47.9 Å². The second-order valence-corrected chi connectivity index (χ2v) is 7.36. The first-order valence-electron chi connectivity index (χ1n) is 6.98. The van der Waals surface area contributed by atoms with Crippen molar-refractivity contribution in [3.05, 3.63) is 29.8 Å². The van der Waals surface area contributed by atoms with E-state index in [0.717, 1.165) is 25.7 Å². The van der Waals surface area contributed by atoms with Crippen molar-refractivity contribution in [3.63, 3.8) is 0 Å². The van der Waals surface area contributed by atoms with Gasteiger partial charge in [-0.1, -0.05) is 6.07 Å². The monoisotopic (exact) mass is 294 g/mol. The van der Waals surface area contributed by atoms with Crippen molar-refractivity contribution in [3.8, 4) is 0 Å². The van der Waals surface area contributed by atoms with E-state index < -0.39 is 16.8 Å². The van der Waals surface area contributed by atoms with Crippen LogP contribution < -0.4 is 0 Å². The largest absolute Gasteiger partial charge is 0.478 e. The zero-order chi connectivity index (χ0) is 14.2. The number of carboxylic acids is 1. The van der Waals surface area contributed by atoms with Gasteiger partial charge in [0, 0.05) is 16.8 Å². The second kappa shape index (κ2) is 5.30. The molecule has 1 aromatic rings. The highest BCUT2D eigenvalue weighted by Crippen LogP contribution is 2.44. The summed E-state index contributed by atoms with van der Waals surface area (Å²) in [4.78, 5) is 11.6. The normalized spacial score (nSPS) is 25.9. The molecule has 3 rings (SSSR count). The number of hydrogen-bond acceptors (Lipinski definition) is 3. The number of benzene rings is 1. The van der Waals surface area contributed by atoms with Gasteiger partial charge in [0.25, 0.3) is 0 Å². The van der Waals surface area contributed by atoms with E-state index in [9.17, 15) is 9.00 Å². The SMILES string of the molecule is O=C(O)c1cccc(S(=O)C2CCOC3(CCC3)C2)c1. The third kappa shape index (κ3) is 2.52. The lowest BCUT2D eigenvalue weighted by molar-refractivity contribution is -0.125. The maximum absolute atomic E-state index is 12.7. The van der Waals surface area contributed by atoms with Crippen LogP contribution in [0.3, 0.4) is 0 Å². The summed E-state index contributed by atoms with van der Waals surface area (Å²) in [6.45, 7) is 0.662. The molecular formula is C15H18O4S. The first kappa shape index (κ1) is 13.8. The molecule has 0 bridgehead atoms. The molecule has 1 saturated heterocycles. The van der Waals surface area contributed by atoms with Gasteiger partial charge in [-0.05, 0) is 50.3 Å². The predicted octanol–water partition coefficient (Wildman–Crippen LogP) is 2.59. The molecule has 1 aliphatic carbocycles. The van der Waals surface area contributed by atoms with Gasteiger partial charge in [0.15, 0.2) is 0 Å². The van der Waals surface area contributed by atoms with E-state index >= 15 is 0 Å². The van der Waals surface area contributed by atoms with Gasteiger partial charge >= 0.3 is 5.97 Å². The van der Waals surface area contributed by atoms with Crippen LogP contribution in [-0.4, -0.2) is 32.7 Å². The number of rotatable bonds is 3. The maximum atomic E-state index is 12.7. The molecular weight excluding hydrogens is 276 g/mol. The molecule has 1 saturated carbocycles. The van der Waals surface area contributed by atoms with Crippen LogP contribution in [0.2, 0.25) is 0 Å². The molecule has 2 fully saturated rings. The molecule has 1 heterocycles. The van der Waals surface area contributed by atoms with Crippen LogP contribution in [0.5, 0.6) is 0 Å². The average Bonchev–Trinajstić information content (AvgIpc) is 2.45. The Hall–Kier alpha value is -1.20. The lowest BCUT2D eigenvalue weighted by atomic mass is 9.75. The van der Waals surface area contributed by atoms with E-state index in [1.807, 2.05) is 0 Å². The summed E-state index contributed by atoms with van der Waals surface area (Å²) in [6, 6.07) is 6.47. The van der Waals surface area contributed by atoms with Crippen LogP contribution in [-0.2, 0) is 15.5 Å². The number of carboxylic acid groups (broad SMARTS) is 1. The topological polar surface area (TPSA) is 63.6 Å². The summed E-state index contributed by atoms with van der Waals surface area (Å²) >= 11 is 0. The summed E-state index contributed by atoms with van der Waals surface area (Å²) in [7, 11) is -1.15. The number of carbonyl (C=O) groups is 1. The maximum Gasteiger partial charge on any atom is 0.335 e. The van der Waals surface area contributed by atoms with Crippen LogP contribution in [0.15, 0.2) is 29.2 Å². The molecule has 1 N–H and O–H groups in total. The van der Waals surface area contributed by atoms with E-state index in [1.165, 1.54) is 18.6 Å². The van der Waals surface area contributed by atoms with Gasteiger partial charge in [-0.25, -0.2) is 4.79 Å². The summed E-state index contributed by atoms with van der Waals surface area (Å²) in [6.07, 6.45) is 4.93. The molecule has 1 aliphatic heterocycles. The number of hydrogen-bond donors (Lipinski definition) is 1. The van der Waals surface area contributed by atoms with E-state index in [0.29, 0.717) is 11.5 Å². The van der Waals surface area contributed by atoms with Crippen LogP contribution in [0.4, 0.5) is 0 Å². The van der Waals surface area contributed by atoms with Gasteiger partial charge in [0.1, 0.15) is 0 Å². The molecule has 1 aromatic carbocycles. The van der Waals surface area contributed by atoms with Crippen molar-refractivity contribution < 1.29 is 18.8 Å². The molecule has 0 radical (unpaired) electrons. The molecule has 0 amide bonds. The third-order valence-electron chi connectivity index (χ3n) is 4.33. The zero-order valence-electron chi connectivity index (χ0n) is 11.2. The van der Waals surface area contributed by atoms with Gasteiger partial charge in [0.2, 0.25) is 0 Å². The molecule has 2 unspecified atom stereocenters. The number of aromatic carboxylic acids is 1. The van der Waals surface area contributed by atoms with Crippen LogP contribution in [0.25, 0.3) is 0 Å². The minimum absolute atomic E-state index is 0.0387. The minimum Gasteiger partial charge on any atom is -0.478 e. The van der Waals surface area contributed by atoms with Crippen molar-refractivity contribution in [2.24, 2.45) is 0 Å². The van der Waals surface area contributed by atoms with Crippen LogP contribution >= 0.6 is 0 Å². The fraction of sp³-hybridized carbons (Fsp3) is 0.533. The Morgan fingerprint density at radius 3 is 2.85 bits per heavy atom. The Bertz CT molecular complexity index is 551. The smallest absolute Gasteiger partial charge is 0.335 e. The lowest BCUT2D eigenvalue weighted by Gasteiger charge is -2.46. The van der Waals surface area contributed by atoms with Crippen molar-refractivity contribution >= 4 is 16.8 Å². The highest BCUT2D eigenvalue weighted by atomic mass is 32.2. The van der Waals surface area contributed by atoms with Gasteiger partial charge in [0.05, 0.1) is 22.0 Å². The van der Waals surface area contributed by atoms with E-state index in [-0.39, 0.29) is 16.4 Å². The van der Waals surface area contributed by atoms with Crippen molar-refractivity contribution in [2.75, 3.05) is 6.61 Å². The zero-order valence-corrected chi connectivity index (χ0v) is 12.0. The summed E-state index contributed by atoms with van der Waals surface area (Å²) in [5.41, 5.74) is 0.157. The van der Waals surface area contributed by atoms with E-state index in [4.69, 9.17) is 9.84 Å². The number of ether oxygens (including phenoxy) is 1. The predicted molar refractivity (Wildman–Crippen MR) is 75.4 cm³/mol. The summed E-state index contributed by atoms with van der Waals surface area (Å²) < 4.78 is 18.5. The fourth-order valence-electron chi connectivity index (χ4n) is 3.03. The summed E-state index contributed by atoms with van der Waals surface area (Å²) in [5, 5.41) is 9.09. The van der Waals surface area contributed by atoms with Crippen molar-refractivity contribution in [1.82, 2.24) is 0 Å². The van der Waals surface area contributed by atoms with E-state index in [1.54, 1.807) is 12.1 Å². The molecule has 108 valence electrons. The fourth-order valence-corrected chi connectivity index (χ4v) is 4.64. The molecule has 20 heavy (non-hydrogen) atoms. The molecule has 2 aliphatic rings. The average molecular weight is 294 g/mol. The van der Waals surface area contributed by atoms with Crippen molar-refractivity contribution in [1.29, 1.82) is 0 Å². The molecule has 1 spiro atoms. The standard InChI is InChI=1S/C15H18O4S/c16-14(17)11-3-1-4-12(9-11)20(18)13-5-8-19-15(10-13)6-2-7-15/h1,3-4,9,13H,2,5-8,10H2,(H,16,17). The third-order valence-corrected chi connectivity index (χ3v) is 6.05. The first-order valence-corrected chi connectivity index (χ1v) is 8.19. The second-order valence-electron chi connectivity index (χ2n) is 5.63. The highest BCUT2D eigenvalue weighted by molar-refractivity contribution is 7.85. The Morgan fingerprint density at radius 1 is 1.40 bits per heavy atom. The minimum atomic E-state index is -1.15. The van der Waals surface area contributed by atoms with Crippen LogP contribution in [0, 0.1) is 0 Å². The molecule has 5 heteroatoms. The Kier molecular flexibility index (Phi) is 3.65. The molecule has 0 aromatic heterocycles. The van der Waals surface area contributed by atoms with Gasteiger partial charge in [-0.15, -0.1) is 0 Å².